The number of aliphatic imine (C=N–C) groups is 1. The summed E-state index contributed by atoms with van der Waals surface area (Å²) in [6.07, 6.45) is 3.94. The van der Waals surface area contributed by atoms with E-state index in [9.17, 15) is 4.79 Å². The van der Waals surface area contributed by atoms with E-state index in [2.05, 4.69) is 47.9 Å². The van der Waals surface area contributed by atoms with Crippen LogP contribution < -0.4 is 10.6 Å². The Morgan fingerprint density at radius 1 is 1.28 bits per heavy atom. The summed E-state index contributed by atoms with van der Waals surface area (Å²) in [4.78, 5) is 18.3. The molecule has 2 N–H and O–H groups in total. The number of likely N-dealkylation sites (tertiary alicyclic amines) is 1. The van der Waals surface area contributed by atoms with Crippen molar-refractivity contribution in [2.75, 3.05) is 32.7 Å². The molecule has 25 heavy (non-hydrogen) atoms. The van der Waals surface area contributed by atoms with E-state index in [0.29, 0.717) is 17.7 Å². The van der Waals surface area contributed by atoms with Crippen molar-refractivity contribution in [1.82, 2.24) is 15.5 Å². The van der Waals surface area contributed by atoms with Gasteiger partial charge in [-0.3, -0.25) is 9.79 Å². The number of hydrogen-bond donors (Lipinski definition) is 2. The van der Waals surface area contributed by atoms with Gasteiger partial charge in [-0.25, -0.2) is 0 Å². The van der Waals surface area contributed by atoms with Crippen LogP contribution in [0.5, 0.6) is 0 Å². The summed E-state index contributed by atoms with van der Waals surface area (Å²) in [6.45, 7) is 6.45. The lowest BCUT2D eigenvalue weighted by Crippen LogP contribution is -2.39. The number of amides is 1. The van der Waals surface area contributed by atoms with Crippen molar-refractivity contribution in [3.63, 3.8) is 0 Å². The fraction of sp³-hybridized carbons (Fsp3) is 0.600. The Bertz CT molecular complexity index is 587. The summed E-state index contributed by atoms with van der Waals surface area (Å²) in [7, 11) is 0. The molecule has 1 heterocycles. The number of carbonyl (C=O) groups excluding carboxylic acids is 1. The number of nitrogens with one attached hydrogen (secondary N) is 2. The average molecular weight is 342 g/mol. The van der Waals surface area contributed by atoms with Crippen molar-refractivity contribution in [3.8, 4) is 0 Å². The summed E-state index contributed by atoms with van der Waals surface area (Å²) < 4.78 is 0. The first-order valence-electron chi connectivity index (χ1n) is 9.63. The largest absolute Gasteiger partial charge is 0.357 e. The Balaban J connectivity index is 1.38. The molecular weight excluding hydrogens is 312 g/mol. The molecule has 1 saturated carbocycles. The van der Waals surface area contributed by atoms with Gasteiger partial charge in [-0.1, -0.05) is 30.3 Å². The molecule has 1 aliphatic heterocycles. The molecular formula is C20H30N4O. The van der Waals surface area contributed by atoms with E-state index in [1.165, 1.54) is 12.0 Å². The molecule has 2 atom stereocenters. The first-order valence-corrected chi connectivity index (χ1v) is 9.63. The summed E-state index contributed by atoms with van der Waals surface area (Å²) in [5.41, 5.74) is 1.44. The highest BCUT2D eigenvalue weighted by molar-refractivity contribution is 5.80. The molecule has 2 unspecified atom stereocenters. The number of rotatable bonds is 8. The van der Waals surface area contributed by atoms with Gasteiger partial charge in [0.15, 0.2) is 5.96 Å². The third-order valence-corrected chi connectivity index (χ3v) is 5.05. The number of hydrogen-bond acceptors (Lipinski definition) is 2. The maximum absolute atomic E-state index is 11.6. The van der Waals surface area contributed by atoms with Crippen LogP contribution in [0.25, 0.3) is 0 Å². The molecule has 3 rings (SSSR count). The van der Waals surface area contributed by atoms with Crippen LogP contribution in [-0.2, 0) is 4.79 Å². The van der Waals surface area contributed by atoms with Gasteiger partial charge >= 0.3 is 0 Å². The number of nitrogens with zero attached hydrogens (tertiary/aromatic N) is 2. The molecule has 5 heteroatoms. The quantitative estimate of drug-likeness (QED) is 0.433. The number of guanidine groups is 1. The highest BCUT2D eigenvalue weighted by Gasteiger charge is 2.37. The van der Waals surface area contributed by atoms with Crippen molar-refractivity contribution in [2.24, 2.45) is 10.9 Å². The van der Waals surface area contributed by atoms with Gasteiger partial charge in [-0.2, -0.15) is 0 Å². The SMILES string of the molecule is CCNC(=NCC1CC1c1ccccc1)NCCCN1CCCC1=O. The smallest absolute Gasteiger partial charge is 0.222 e. The Morgan fingerprint density at radius 3 is 2.84 bits per heavy atom. The summed E-state index contributed by atoms with van der Waals surface area (Å²) in [6, 6.07) is 10.7. The lowest BCUT2D eigenvalue weighted by atomic mass is 10.1. The molecule has 0 radical (unpaired) electrons. The summed E-state index contributed by atoms with van der Waals surface area (Å²) in [5, 5.41) is 6.71. The molecule has 136 valence electrons. The van der Waals surface area contributed by atoms with E-state index in [0.717, 1.165) is 57.9 Å². The van der Waals surface area contributed by atoms with Crippen molar-refractivity contribution in [3.05, 3.63) is 35.9 Å². The van der Waals surface area contributed by atoms with Crippen molar-refractivity contribution in [2.45, 2.75) is 38.5 Å². The zero-order valence-electron chi connectivity index (χ0n) is 15.2. The Labute approximate surface area is 150 Å². The first kappa shape index (κ1) is 17.8. The molecule has 2 fully saturated rings. The Morgan fingerprint density at radius 2 is 2.12 bits per heavy atom. The lowest BCUT2D eigenvalue weighted by Gasteiger charge is -2.16. The van der Waals surface area contributed by atoms with Crippen LogP contribution in [-0.4, -0.2) is 49.5 Å². The Kier molecular flexibility index (Phi) is 6.31. The van der Waals surface area contributed by atoms with Crippen LogP contribution in [0.4, 0.5) is 0 Å². The number of carbonyl (C=O) groups is 1. The van der Waals surface area contributed by atoms with E-state index in [-0.39, 0.29) is 0 Å². The fourth-order valence-corrected chi connectivity index (χ4v) is 3.53. The van der Waals surface area contributed by atoms with E-state index in [1.807, 2.05) is 4.90 Å². The van der Waals surface area contributed by atoms with Gasteiger partial charge in [0.2, 0.25) is 5.91 Å². The minimum Gasteiger partial charge on any atom is -0.357 e. The maximum Gasteiger partial charge on any atom is 0.222 e. The van der Waals surface area contributed by atoms with Crippen LogP contribution in [0.1, 0.15) is 44.1 Å². The van der Waals surface area contributed by atoms with E-state index < -0.39 is 0 Å². The summed E-state index contributed by atoms with van der Waals surface area (Å²) >= 11 is 0. The van der Waals surface area contributed by atoms with Crippen molar-refractivity contribution >= 4 is 11.9 Å². The van der Waals surface area contributed by atoms with Gasteiger partial charge in [-0.05, 0) is 43.6 Å². The zero-order chi connectivity index (χ0) is 17.5. The van der Waals surface area contributed by atoms with Crippen LogP contribution in [0.2, 0.25) is 0 Å². The topological polar surface area (TPSA) is 56.7 Å². The van der Waals surface area contributed by atoms with Crippen molar-refractivity contribution in [1.29, 1.82) is 0 Å². The Hall–Kier alpha value is -2.04. The predicted molar refractivity (Wildman–Crippen MR) is 102 cm³/mol. The second-order valence-electron chi connectivity index (χ2n) is 7.00. The third-order valence-electron chi connectivity index (χ3n) is 5.05. The fourth-order valence-electron chi connectivity index (χ4n) is 3.53. The molecule has 0 aromatic heterocycles. The molecule has 0 spiro atoms. The third kappa shape index (κ3) is 5.21. The molecule has 0 bridgehead atoms. The summed E-state index contributed by atoms with van der Waals surface area (Å²) in [5.74, 6) is 2.55. The van der Waals surface area contributed by atoms with Gasteiger partial charge in [-0.15, -0.1) is 0 Å². The first-order chi connectivity index (χ1) is 12.3. The molecule has 1 aromatic rings. The second-order valence-corrected chi connectivity index (χ2v) is 7.00. The van der Waals surface area contributed by atoms with Crippen LogP contribution in [0.3, 0.4) is 0 Å². The van der Waals surface area contributed by atoms with Gasteiger partial charge in [0.1, 0.15) is 0 Å². The molecule has 1 amide bonds. The monoisotopic (exact) mass is 342 g/mol. The maximum atomic E-state index is 11.6. The lowest BCUT2D eigenvalue weighted by molar-refractivity contribution is -0.127. The minimum atomic E-state index is 0.307. The van der Waals surface area contributed by atoms with Gasteiger partial charge in [0, 0.05) is 39.1 Å². The predicted octanol–water partition coefficient (Wildman–Crippen LogP) is 2.36. The zero-order valence-corrected chi connectivity index (χ0v) is 15.2. The van der Waals surface area contributed by atoms with Crippen LogP contribution >= 0.6 is 0 Å². The highest BCUT2D eigenvalue weighted by Crippen LogP contribution is 2.47. The standard InChI is InChI=1S/C20H30N4O/c1-2-21-20(22-11-7-13-24-12-6-10-19(24)25)23-15-17-14-18(17)16-8-4-3-5-9-16/h3-5,8-9,17-18H,2,6-7,10-15H2,1H3,(H2,21,22,23). The normalized spacial score (nSPS) is 23.0. The van der Waals surface area contributed by atoms with Crippen LogP contribution in [0.15, 0.2) is 35.3 Å². The van der Waals surface area contributed by atoms with Crippen LogP contribution in [0, 0.1) is 5.92 Å². The van der Waals surface area contributed by atoms with E-state index in [4.69, 9.17) is 4.99 Å². The van der Waals surface area contributed by atoms with E-state index in [1.54, 1.807) is 0 Å². The molecule has 5 nitrogen and oxygen atoms in total. The molecule has 1 aliphatic carbocycles. The van der Waals surface area contributed by atoms with Gasteiger partial charge < -0.3 is 15.5 Å². The van der Waals surface area contributed by atoms with Gasteiger partial charge in [0.05, 0.1) is 0 Å². The number of benzene rings is 1. The molecule has 2 aliphatic rings. The minimum absolute atomic E-state index is 0.307. The highest BCUT2D eigenvalue weighted by atomic mass is 16.2. The van der Waals surface area contributed by atoms with E-state index >= 15 is 0 Å². The average Bonchev–Trinajstić information content (AvgIpc) is 3.31. The molecule has 1 aromatic carbocycles. The molecule has 1 saturated heterocycles. The van der Waals surface area contributed by atoms with Crippen molar-refractivity contribution < 1.29 is 4.79 Å². The van der Waals surface area contributed by atoms with Gasteiger partial charge in [0.25, 0.3) is 0 Å². The second kappa shape index (κ2) is 8.88.